The summed E-state index contributed by atoms with van der Waals surface area (Å²) in [6.45, 7) is 0. The molecule has 5 nitrogen and oxygen atoms in total. The molecule has 0 saturated heterocycles. The minimum atomic E-state index is -0.280. The van der Waals surface area contributed by atoms with E-state index in [-0.39, 0.29) is 11.8 Å². The second-order valence-electron chi connectivity index (χ2n) is 5.00. The van der Waals surface area contributed by atoms with Gasteiger partial charge in [-0.05, 0) is 30.2 Å². The monoisotopic (exact) mass is 358 g/mol. The number of aromatic amines is 1. The fraction of sp³-hybridized carbons (Fsp3) is 0.125. The minimum absolute atomic E-state index is 0.130. The molecule has 0 spiro atoms. The van der Waals surface area contributed by atoms with Gasteiger partial charge < -0.3 is 10.8 Å². The van der Waals surface area contributed by atoms with Crippen LogP contribution in [0.15, 0.2) is 53.0 Å². The minimum Gasteiger partial charge on any atom is -0.507 e. The Bertz CT molecular complexity index is 773. The highest BCUT2D eigenvalue weighted by atomic mass is 79.9. The van der Waals surface area contributed by atoms with Crippen LogP contribution in [0.25, 0.3) is 11.4 Å². The molecule has 2 aromatic carbocycles. The Balaban J connectivity index is 1.83. The molecule has 0 unspecified atom stereocenters. The predicted octanol–water partition coefficient (Wildman–Crippen LogP) is 3.18. The molecule has 0 aliphatic rings. The van der Waals surface area contributed by atoms with Crippen LogP contribution in [0.3, 0.4) is 0 Å². The Labute approximate surface area is 136 Å². The largest absolute Gasteiger partial charge is 0.507 e. The van der Waals surface area contributed by atoms with E-state index < -0.39 is 0 Å². The van der Waals surface area contributed by atoms with Crippen molar-refractivity contribution >= 4 is 15.9 Å². The first-order valence-electron chi connectivity index (χ1n) is 6.84. The Morgan fingerprint density at radius 2 is 1.95 bits per heavy atom. The van der Waals surface area contributed by atoms with E-state index in [1.54, 1.807) is 18.2 Å². The molecule has 0 bridgehead atoms. The molecular weight excluding hydrogens is 344 g/mol. The zero-order valence-electron chi connectivity index (χ0n) is 11.7. The summed E-state index contributed by atoms with van der Waals surface area (Å²) in [5.74, 6) is 1.15. The molecule has 3 aromatic rings. The van der Waals surface area contributed by atoms with E-state index in [0.717, 1.165) is 10.0 Å². The van der Waals surface area contributed by atoms with Crippen LogP contribution < -0.4 is 5.73 Å². The Kier molecular flexibility index (Phi) is 4.22. The van der Waals surface area contributed by atoms with Crippen LogP contribution in [-0.2, 0) is 6.42 Å². The molecule has 1 aromatic heterocycles. The van der Waals surface area contributed by atoms with Gasteiger partial charge in [0.2, 0.25) is 0 Å². The quantitative estimate of drug-likeness (QED) is 0.668. The maximum atomic E-state index is 9.93. The molecule has 112 valence electrons. The predicted molar refractivity (Wildman–Crippen MR) is 88.3 cm³/mol. The average Bonchev–Trinajstić information content (AvgIpc) is 3.00. The van der Waals surface area contributed by atoms with E-state index in [1.165, 1.54) is 0 Å². The molecule has 1 heterocycles. The number of halogens is 1. The fourth-order valence-electron chi connectivity index (χ4n) is 2.21. The lowest BCUT2D eigenvalue weighted by Crippen LogP contribution is -2.15. The number of benzene rings is 2. The van der Waals surface area contributed by atoms with Gasteiger partial charge in [-0.25, -0.2) is 4.98 Å². The van der Waals surface area contributed by atoms with Gasteiger partial charge in [0.05, 0.1) is 11.6 Å². The first-order chi connectivity index (χ1) is 10.6. The van der Waals surface area contributed by atoms with Crippen molar-refractivity contribution in [2.75, 3.05) is 0 Å². The Morgan fingerprint density at radius 3 is 2.73 bits per heavy atom. The van der Waals surface area contributed by atoms with Crippen LogP contribution in [0.5, 0.6) is 5.75 Å². The molecular formula is C16H15BrN4O. The second-order valence-corrected chi connectivity index (χ2v) is 5.92. The molecule has 0 radical (unpaired) electrons. The number of nitrogens with one attached hydrogen (secondary N) is 1. The number of phenols is 1. The number of rotatable bonds is 4. The first-order valence-corrected chi connectivity index (χ1v) is 7.63. The zero-order valence-corrected chi connectivity index (χ0v) is 13.3. The molecule has 3 rings (SSSR count). The van der Waals surface area contributed by atoms with Crippen LogP contribution in [-0.4, -0.2) is 20.3 Å². The Hall–Kier alpha value is -2.18. The number of nitrogens with two attached hydrogens (primary N) is 1. The van der Waals surface area contributed by atoms with Gasteiger partial charge >= 0.3 is 0 Å². The summed E-state index contributed by atoms with van der Waals surface area (Å²) < 4.78 is 0.847. The topological polar surface area (TPSA) is 87.8 Å². The van der Waals surface area contributed by atoms with Crippen LogP contribution in [0.1, 0.15) is 17.4 Å². The molecule has 0 amide bonds. The van der Waals surface area contributed by atoms with Crippen molar-refractivity contribution in [3.05, 3.63) is 64.4 Å². The summed E-state index contributed by atoms with van der Waals surface area (Å²) in [5.41, 5.74) is 7.88. The number of hydrogen-bond acceptors (Lipinski definition) is 4. The lowest BCUT2D eigenvalue weighted by molar-refractivity contribution is 0.477. The molecule has 4 N–H and O–H groups in total. The molecule has 0 aliphatic heterocycles. The van der Waals surface area contributed by atoms with Gasteiger partial charge in [0.15, 0.2) is 5.82 Å². The summed E-state index contributed by atoms with van der Waals surface area (Å²) in [4.78, 5) is 4.41. The van der Waals surface area contributed by atoms with Gasteiger partial charge in [-0.3, -0.25) is 5.10 Å². The van der Waals surface area contributed by atoms with Crippen molar-refractivity contribution < 1.29 is 5.11 Å². The fourth-order valence-corrected chi connectivity index (χ4v) is 2.57. The van der Waals surface area contributed by atoms with E-state index in [2.05, 4.69) is 31.1 Å². The van der Waals surface area contributed by atoms with Gasteiger partial charge in [-0.2, -0.15) is 5.10 Å². The lowest BCUT2D eigenvalue weighted by atomic mass is 10.1. The highest BCUT2D eigenvalue weighted by molar-refractivity contribution is 9.10. The van der Waals surface area contributed by atoms with E-state index in [0.29, 0.717) is 23.6 Å². The van der Waals surface area contributed by atoms with Gasteiger partial charge in [-0.15, -0.1) is 0 Å². The van der Waals surface area contributed by atoms with E-state index in [4.69, 9.17) is 5.73 Å². The van der Waals surface area contributed by atoms with Crippen molar-refractivity contribution in [2.24, 2.45) is 5.73 Å². The third kappa shape index (κ3) is 3.18. The standard InChI is InChI=1S/C16H15BrN4O/c17-11-6-7-14(22)12(9-11)15-19-16(21-20-15)13(18)8-10-4-2-1-3-5-10/h1-7,9,13,22H,8,18H2,(H,19,20,21)/t13-/m0/s1. The van der Waals surface area contributed by atoms with Crippen LogP contribution in [0.4, 0.5) is 0 Å². The summed E-state index contributed by atoms with van der Waals surface area (Å²) in [7, 11) is 0. The van der Waals surface area contributed by atoms with Crippen molar-refractivity contribution in [3.8, 4) is 17.1 Å². The molecule has 22 heavy (non-hydrogen) atoms. The maximum Gasteiger partial charge on any atom is 0.184 e. The SMILES string of the molecule is N[C@@H](Cc1ccccc1)c1nc(-c2cc(Br)ccc2O)n[nH]1. The van der Waals surface area contributed by atoms with Gasteiger partial charge in [0.25, 0.3) is 0 Å². The van der Waals surface area contributed by atoms with E-state index in [9.17, 15) is 5.11 Å². The third-order valence-electron chi connectivity index (χ3n) is 3.35. The maximum absolute atomic E-state index is 9.93. The second kappa shape index (κ2) is 6.29. The number of hydrogen-bond donors (Lipinski definition) is 3. The van der Waals surface area contributed by atoms with Crippen molar-refractivity contribution in [1.29, 1.82) is 0 Å². The molecule has 0 aliphatic carbocycles. The number of nitrogens with zero attached hydrogens (tertiary/aromatic N) is 2. The van der Waals surface area contributed by atoms with Gasteiger partial charge in [0.1, 0.15) is 11.6 Å². The average molecular weight is 359 g/mol. The summed E-state index contributed by atoms with van der Waals surface area (Å²) >= 11 is 3.37. The van der Waals surface area contributed by atoms with Crippen molar-refractivity contribution in [1.82, 2.24) is 15.2 Å². The Morgan fingerprint density at radius 1 is 1.18 bits per heavy atom. The normalized spacial score (nSPS) is 12.3. The summed E-state index contributed by atoms with van der Waals surface area (Å²) in [6, 6.07) is 14.8. The third-order valence-corrected chi connectivity index (χ3v) is 3.85. The number of aromatic nitrogens is 3. The summed E-state index contributed by atoms with van der Waals surface area (Å²) in [6.07, 6.45) is 0.667. The van der Waals surface area contributed by atoms with Gasteiger partial charge in [-0.1, -0.05) is 46.3 Å². The highest BCUT2D eigenvalue weighted by Gasteiger charge is 2.15. The highest BCUT2D eigenvalue weighted by Crippen LogP contribution is 2.29. The lowest BCUT2D eigenvalue weighted by Gasteiger charge is -2.07. The number of H-pyrrole nitrogens is 1. The van der Waals surface area contributed by atoms with E-state index >= 15 is 0 Å². The van der Waals surface area contributed by atoms with E-state index in [1.807, 2.05) is 30.3 Å². The molecule has 1 atom stereocenters. The van der Waals surface area contributed by atoms with Crippen LogP contribution in [0.2, 0.25) is 0 Å². The summed E-state index contributed by atoms with van der Waals surface area (Å²) in [5, 5.41) is 16.9. The molecule has 0 fully saturated rings. The van der Waals surface area contributed by atoms with Gasteiger partial charge in [0, 0.05) is 4.47 Å². The molecule has 0 saturated carbocycles. The molecule has 6 heteroatoms. The zero-order chi connectivity index (χ0) is 15.5. The number of aromatic hydroxyl groups is 1. The van der Waals surface area contributed by atoms with Crippen LogP contribution in [0, 0.1) is 0 Å². The number of phenolic OH excluding ortho intramolecular Hbond substituents is 1. The van der Waals surface area contributed by atoms with Crippen molar-refractivity contribution in [3.63, 3.8) is 0 Å². The van der Waals surface area contributed by atoms with Crippen molar-refractivity contribution in [2.45, 2.75) is 12.5 Å². The first kappa shape index (κ1) is 14.7. The smallest absolute Gasteiger partial charge is 0.184 e. The van der Waals surface area contributed by atoms with Crippen LogP contribution >= 0.6 is 15.9 Å².